The van der Waals surface area contributed by atoms with Crippen molar-refractivity contribution in [2.45, 2.75) is 19.0 Å². The molecule has 0 bridgehead atoms. The Bertz CT molecular complexity index is 563. The van der Waals surface area contributed by atoms with E-state index in [1.54, 1.807) is 12.1 Å². The molecule has 1 atom stereocenters. The molecule has 1 unspecified atom stereocenters. The number of hydrogen-bond donors (Lipinski definition) is 1. The van der Waals surface area contributed by atoms with Gasteiger partial charge in [0, 0.05) is 35.7 Å². The van der Waals surface area contributed by atoms with E-state index in [1.807, 2.05) is 6.07 Å². The Morgan fingerprint density at radius 3 is 2.84 bits per heavy atom. The van der Waals surface area contributed by atoms with E-state index in [4.69, 9.17) is 23.2 Å². The van der Waals surface area contributed by atoms with E-state index in [1.165, 1.54) is 6.26 Å². The van der Waals surface area contributed by atoms with Gasteiger partial charge in [-0.2, -0.15) is 0 Å². The van der Waals surface area contributed by atoms with Crippen LogP contribution in [0.5, 0.6) is 0 Å². The third-order valence-electron chi connectivity index (χ3n) is 3.05. The molecular weight excluding hydrogens is 307 g/mol. The molecule has 19 heavy (non-hydrogen) atoms. The number of halogens is 2. The highest BCUT2D eigenvalue weighted by Crippen LogP contribution is 2.23. The molecule has 0 amide bonds. The van der Waals surface area contributed by atoms with Crippen LogP contribution in [0.2, 0.25) is 10.0 Å². The highest BCUT2D eigenvalue weighted by atomic mass is 35.5. The fraction of sp³-hybridized carbons (Fsp3) is 0.500. The van der Waals surface area contributed by atoms with Crippen LogP contribution in [-0.4, -0.2) is 38.7 Å². The molecule has 7 heteroatoms. The summed E-state index contributed by atoms with van der Waals surface area (Å²) in [6.45, 7) is 2.22. The van der Waals surface area contributed by atoms with Crippen molar-refractivity contribution in [3.8, 4) is 0 Å². The fourth-order valence-corrected chi connectivity index (χ4v) is 3.45. The van der Waals surface area contributed by atoms with E-state index in [9.17, 15) is 8.42 Å². The maximum absolute atomic E-state index is 11.2. The van der Waals surface area contributed by atoms with Gasteiger partial charge in [-0.25, -0.2) is 13.1 Å². The number of likely N-dealkylation sites (tertiary alicyclic amines) is 1. The quantitative estimate of drug-likeness (QED) is 0.923. The van der Waals surface area contributed by atoms with Crippen molar-refractivity contribution < 1.29 is 8.42 Å². The molecule has 2 rings (SSSR count). The summed E-state index contributed by atoms with van der Waals surface area (Å²) in [7, 11) is -3.14. The molecule has 1 aromatic rings. The lowest BCUT2D eigenvalue weighted by Crippen LogP contribution is -2.36. The Morgan fingerprint density at radius 2 is 2.16 bits per heavy atom. The van der Waals surface area contributed by atoms with Crippen molar-refractivity contribution in [2.75, 3.05) is 19.3 Å². The third-order valence-corrected chi connectivity index (χ3v) is 4.42. The van der Waals surface area contributed by atoms with Crippen LogP contribution >= 0.6 is 23.2 Å². The van der Waals surface area contributed by atoms with Crippen molar-refractivity contribution in [1.82, 2.24) is 9.62 Å². The van der Waals surface area contributed by atoms with Crippen LogP contribution in [0, 0.1) is 0 Å². The van der Waals surface area contributed by atoms with E-state index in [-0.39, 0.29) is 6.04 Å². The predicted molar refractivity (Wildman–Crippen MR) is 78.1 cm³/mol. The molecule has 4 nitrogen and oxygen atoms in total. The van der Waals surface area contributed by atoms with Gasteiger partial charge in [-0.3, -0.25) is 4.90 Å². The monoisotopic (exact) mass is 322 g/mol. The van der Waals surface area contributed by atoms with Gasteiger partial charge in [0.2, 0.25) is 10.0 Å². The van der Waals surface area contributed by atoms with Crippen LogP contribution in [0.3, 0.4) is 0 Å². The lowest BCUT2D eigenvalue weighted by atomic mass is 10.2. The SMILES string of the molecule is CS(=O)(=O)NC1CCN(Cc2cc(Cl)ccc2Cl)C1. The number of benzene rings is 1. The van der Waals surface area contributed by atoms with Crippen molar-refractivity contribution in [3.63, 3.8) is 0 Å². The second-order valence-electron chi connectivity index (χ2n) is 4.85. The van der Waals surface area contributed by atoms with E-state index < -0.39 is 10.0 Å². The summed E-state index contributed by atoms with van der Waals surface area (Å²) >= 11 is 12.1. The first-order valence-electron chi connectivity index (χ1n) is 5.97. The smallest absolute Gasteiger partial charge is 0.208 e. The molecule has 0 saturated carbocycles. The fourth-order valence-electron chi connectivity index (χ4n) is 2.28. The molecule has 0 radical (unpaired) electrons. The van der Waals surface area contributed by atoms with Crippen molar-refractivity contribution in [2.24, 2.45) is 0 Å². The van der Waals surface area contributed by atoms with Gasteiger partial charge in [0.1, 0.15) is 0 Å². The molecular formula is C12H16Cl2N2O2S. The summed E-state index contributed by atoms with van der Waals surface area (Å²) < 4.78 is 25.0. The normalized spacial score (nSPS) is 20.9. The summed E-state index contributed by atoms with van der Waals surface area (Å²) in [6, 6.07) is 5.36. The lowest BCUT2D eigenvalue weighted by Gasteiger charge is -2.17. The minimum absolute atomic E-state index is 0.0204. The van der Waals surface area contributed by atoms with Gasteiger partial charge in [0.15, 0.2) is 0 Å². The standard InChI is InChI=1S/C12H16Cl2N2O2S/c1-19(17,18)15-11-4-5-16(8-11)7-9-6-10(13)2-3-12(9)14/h2-3,6,11,15H,4-5,7-8H2,1H3. The first-order chi connectivity index (χ1) is 8.83. The van der Waals surface area contributed by atoms with Crippen molar-refractivity contribution >= 4 is 33.2 Å². The molecule has 1 aliphatic heterocycles. The number of rotatable bonds is 4. The highest BCUT2D eigenvalue weighted by molar-refractivity contribution is 7.88. The van der Waals surface area contributed by atoms with Crippen molar-refractivity contribution in [3.05, 3.63) is 33.8 Å². The summed E-state index contributed by atoms with van der Waals surface area (Å²) in [5.41, 5.74) is 0.967. The molecule has 1 fully saturated rings. The molecule has 1 N–H and O–H groups in total. The van der Waals surface area contributed by atoms with E-state index >= 15 is 0 Å². The number of nitrogens with zero attached hydrogens (tertiary/aromatic N) is 1. The first kappa shape index (κ1) is 15.1. The first-order valence-corrected chi connectivity index (χ1v) is 8.62. The van der Waals surface area contributed by atoms with Crippen LogP contribution in [0.15, 0.2) is 18.2 Å². The second-order valence-corrected chi connectivity index (χ2v) is 7.47. The maximum atomic E-state index is 11.2. The zero-order chi connectivity index (χ0) is 14.0. The summed E-state index contributed by atoms with van der Waals surface area (Å²) in [6.07, 6.45) is 1.99. The minimum Gasteiger partial charge on any atom is -0.297 e. The molecule has 1 aliphatic rings. The van der Waals surface area contributed by atoms with Gasteiger partial charge in [-0.15, -0.1) is 0 Å². The average Bonchev–Trinajstić information content (AvgIpc) is 2.68. The number of hydrogen-bond acceptors (Lipinski definition) is 3. The Balaban J connectivity index is 1.97. The minimum atomic E-state index is -3.14. The highest BCUT2D eigenvalue weighted by Gasteiger charge is 2.25. The summed E-state index contributed by atoms with van der Waals surface area (Å²) in [5, 5.41) is 1.34. The Labute approximate surface area is 123 Å². The average molecular weight is 323 g/mol. The second kappa shape index (κ2) is 5.97. The molecule has 0 spiro atoms. The van der Waals surface area contributed by atoms with Gasteiger partial charge in [0.05, 0.1) is 6.26 Å². The van der Waals surface area contributed by atoms with Crippen LogP contribution in [0.1, 0.15) is 12.0 Å². The number of nitrogens with one attached hydrogen (secondary N) is 1. The maximum Gasteiger partial charge on any atom is 0.208 e. The molecule has 106 valence electrons. The Hall–Kier alpha value is -0.330. The van der Waals surface area contributed by atoms with E-state index in [2.05, 4.69) is 9.62 Å². The zero-order valence-corrected chi connectivity index (χ0v) is 12.9. The molecule has 1 saturated heterocycles. The van der Waals surface area contributed by atoms with Crippen LogP contribution in [-0.2, 0) is 16.6 Å². The lowest BCUT2D eigenvalue weighted by molar-refractivity contribution is 0.325. The third kappa shape index (κ3) is 4.61. The number of sulfonamides is 1. The van der Waals surface area contributed by atoms with Gasteiger partial charge < -0.3 is 0 Å². The molecule has 0 aliphatic carbocycles. The Morgan fingerprint density at radius 1 is 1.42 bits per heavy atom. The van der Waals surface area contributed by atoms with Crippen LogP contribution in [0.4, 0.5) is 0 Å². The molecule has 1 aromatic carbocycles. The topological polar surface area (TPSA) is 49.4 Å². The zero-order valence-electron chi connectivity index (χ0n) is 10.6. The van der Waals surface area contributed by atoms with Crippen LogP contribution < -0.4 is 4.72 Å². The van der Waals surface area contributed by atoms with Crippen molar-refractivity contribution in [1.29, 1.82) is 0 Å². The summed E-state index contributed by atoms with van der Waals surface area (Å²) in [5.74, 6) is 0. The Kier molecular flexibility index (Phi) is 4.74. The molecule has 1 heterocycles. The molecule has 0 aromatic heterocycles. The largest absolute Gasteiger partial charge is 0.297 e. The summed E-state index contributed by atoms with van der Waals surface area (Å²) in [4.78, 5) is 2.17. The predicted octanol–water partition coefficient (Wildman–Crippen LogP) is 2.12. The van der Waals surface area contributed by atoms with Gasteiger partial charge in [-0.05, 0) is 30.2 Å². The van der Waals surface area contributed by atoms with Crippen LogP contribution in [0.25, 0.3) is 0 Å². The van der Waals surface area contributed by atoms with Gasteiger partial charge in [-0.1, -0.05) is 23.2 Å². The van der Waals surface area contributed by atoms with E-state index in [0.29, 0.717) is 23.1 Å². The van der Waals surface area contributed by atoms with Gasteiger partial charge in [0.25, 0.3) is 0 Å². The van der Waals surface area contributed by atoms with Gasteiger partial charge >= 0.3 is 0 Å². The van der Waals surface area contributed by atoms with E-state index in [0.717, 1.165) is 18.5 Å².